The zero-order valence-electron chi connectivity index (χ0n) is 3.62. The molecule has 0 spiro atoms. The van der Waals surface area contributed by atoms with Crippen molar-refractivity contribution in [2.75, 3.05) is 0 Å². The second-order valence-electron chi connectivity index (χ2n) is 1.11. The summed E-state index contributed by atoms with van der Waals surface area (Å²) < 4.78 is 1.76. The van der Waals surface area contributed by atoms with Gasteiger partial charge in [0.1, 0.15) is 3.82 Å². The summed E-state index contributed by atoms with van der Waals surface area (Å²) >= 11 is 13.1. The van der Waals surface area contributed by atoms with E-state index < -0.39 is 0 Å². The van der Waals surface area contributed by atoms with Crippen molar-refractivity contribution in [3.8, 4) is 0 Å². The summed E-state index contributed by atoms with van der Waals surface area (Å²) in [6.07, 6.45) is 0. The van der Waals surface area contributed by atoms with Crippen LogP contribution in [0, 0.1) is 3.82 Å². The van der Waals surface area contributed by atoms with Crippen LogP contribution in [-0.2, 0) is 0 Å². The molecule has 0 N–H and O–H groups in total. The van der Waals surface area contributed by atoms with Gasteiger partial charge in [0.15, 0.2) is 0 Å². The molecule has 0 aromatic carbocycles. The van der Waals surface area contributed by atoms with E-state index in [2.05, 4.69) is 25.3 Å². The molecule has 0 saturated carbocycles. The standard InChI is InChI=1S/C3H2S5.2Na.2H/c4-1-2(5)7-8-3(1)6;;;;/h4-5H;;;;. The average molecular weight is 246 g/mol. The van der Waals surface area contributed by atoms with Crippen molar-refractivity contribution < 1.29 is 0 Å². The SMILES string of the molecule is S=c1ssc(S)c1S.[NaH].[NaH]. The Morgan fingerprint density at radius 2 is 1.60 bits per heavy atom. The van der Waals surface area contributed by atoms with E-state index in [4.69, 9.17) is 12.2 Å². The van der Waals surface area contributed by atoms with Crippen molar-refractivity contribution in [2.24, 2.45) is 0 Å². The molecule has 48 valence electrons. The van der Waals surface area contributed by atoms with Crippen LogP contribution in [0.2, 0.25) is 0 Å². The molecule has 0 aliphatic rings. The van der Waals surface area contributed by atoms with Gasteiger partial charge in [-0.1, -0.05) is 32.9 Å². The third-order valence-electron chi connectivity index (χ3n) is 0.592. The van der Waals surface area contributed by atoms with E-state index in [1.54, 1.807) is 10.3 Å². The zero-order valence-corrected chi connectivity index (χ0v) is 7.86. The van der Waals surface area contributed by atoms with E-state index >= 15 is 0 Å². The van der Waals surface area contributed by atoms with Crippen molar-refractivity contribution in [1.29, 1.82) is 0 Å². The fraction of sp³-hybridized carbons (Fsp3) is 0. The molecule has 7 heteroatoms. The number of hydrogen-bond donors (Lipinski definition) is 2. The van der Waals surface area contributed by atoms with Crippen molar-refractivity contribution >= 4 is 117 Å². The van der Waals surface area contributed by atoms with E-state index in [-0.39, 0.29) is 59.1 Å². The topological polar surface area (TPSA) is 0 Å². The summed E-state index contributed by atoms with van der Waals surface area (Å²) in [5, 5.41) is 0. The first-order chi connectivity index (χ1) is 3.72. The van der Waals surface area contributed by atoms with Crippen molar-refractivity contribution in [3.05, 3.63) is 3.82 Å². The van der Waals surface area contributed by atoms with Gasteiger partial charge in [0, 0.05) is 0 Å². The summed E-state index contributed by atoms with van der Waals surface area (Å²) in [6.45, 7) is 0. The Labute approximate surface area is 128 Å². The number of rotatable bonds is 0. The van der Waals surface area contributed by atoms with Crippen LogP contribution in [-0.4, -0.2) is 59.1 Å². The molecule has 10 heavy (non-hydrogen) atoms. The van der Waals surface area contributed by atoms with E-state index in [1.807, 2.05) is 0 Å². The Morgan fingerprint density at radius 3 is 1.70 bits per heavy atom. The van der Waals surface area contributed by atoms with Gasteiger partial charge in [-0.2, -0.15) is 0 Å². The Kier molecular flexibility index (Phi) is 11.4. The summed E-state index contributed by atoms with van der Waals surface area (Å²) in [5.41, 5.74) is 0. The first-order valence-corrected chi connectivity index (χ1v) is 5.18. The van der Waals surface area contributed by atoms with E-state index in [0.29, 0.717) is 0 Å². The van der Waals surface area contributed by atoms with Crippen LogP contribution in [0.25, 0.3) is 0 Å². The molecule has 1 aromatic rings. The molecule has 0 amide bonds. The Balaban J connectivity index is 0. The molecule has 0 radical (unpaired) electrons. The second kappa shape index (κ2) is 7.38. The third kappa shape index (κ3) is 4.28. The Hall–Kier alpha value is 2.97. The maximum atomic E-state index is 4.88. The quantitative estimate of drug-likeness (QED) is 0.305. The molecular weight excluding hydrogens is 242 g/mol. The minimum atomic E-state index is 0. The molecular formula is C3H4Na2S5. The van der Waals surface area contributed by atoms with Crippen molar-refractivity contribution in [3.63, 3.8) is 0 Å². The van der Waals surface area contributed by atoms with Crippen LogP contribution in [0.5, 0.6) is 0 Å². The van der Waals surface area contributed by atoms with Crippen LogP contribution in [0.15, 0.2) is 9.10 Å². The predicted octanol–water partition coefficient (Wildman–Crippen LogP) is 1.82. The van der Waals surface area contributed by atoms with Gasteiger partial charge in [-0.3, -0.25) is 0 Å². The summed E-state index contributed by atoms with van der Waals surface area (Å²) in [4.78, 5) is 0.846. The predicted molar refractivity (Wildman–Crippen MR) is 61.8 cm³/mol. The van der Waals surface area contributed by atoms with Gasteiger partial charge in [-0.15, -0.1) is 25.3 Å². The number of thiol groups is 2. The van der Waals surface area contributed by atoms with E-state index in [9.17, 15) is 0 Å². The summed E-state index contributed by atoms with van der Waals surface area (Å²) in [5.74, 6) is 0. The molecule has 0 fully saturated rings. The second-order valence-corrected chi connectivity index (χ2v) is 5.12. The molecule has 1 aromatic heterocycles. The van der Waals surface area contributed by atoms with E-state index in [1.165, 1.54) is 10.3 Å². The van der Waals surface area contributed by atoms with Crippen LogP contribution >= 0.6 is 58.2 Å². The first-order valence-electron chi connectivity index (χ1n) is 1.73. The molecule has 0 unspecified atom stereocenters. The average Bonchev–Trinajstić information content (AvgIpc) is 1.98. The van der Waals surface area contributed by atoms with Gasteiger partial charge in [0.25, 0.3) is 0 Å². The fourth-order valence-electron chi connectivity index (χ4n) is 0.244. The third-order valence-corrected chi connectivity index (χ3v) is 5.36. The first kappa shape index (κ1) is 15.4. The van der Waals surface area contributed by atoms with Gasteiger partial charge < -0.3 is 0 Å². The fourth-order valence-corrected chi connectivity index (χ4v) is 3.50. The molecule has 1 heterocycles. The van der Waals surface area contributed by atoms with E-state index in [0.717, 1.165) is 12.9 Å². The van der Waals surface area contributed by atoms with Crippen molar-refractivity contribution in [1.82, 2.24) is 0 Å². The molecule has 1 rings (SSSR count). The maximum absolute atomic E-state index is 4.88. The molecule has 0 aliphatic carbocycles. The zero-order chi connectivity index (χ0) is 6.15. The normalized spacial score (nSPS) is 7.80. The van der Waals surface area contributed by atoms with Crippen LogP contribution in [0.3, 0.4) is 0 Å². The van der Waals surface area contributed by atoms with Gasteiger partial charge in [-0.05, 0) is 0 Å². The summed E-state index contributed by atoms with van der Waals surface area (Å²) in [6, 6.07) is 0. The summed E-state index contributed by atoms with van der Waals surface area (Å²) in [7, 11) is 3.09. The van der Waals surface area contributed by atoms with Crippen LogP contribution in [0.1, 0.15) is 0 Å². The molecule has 0 bridgehead atoms. The minimum absolute atomic E-state index is 0. The molecule has 0 saturated heterocycles. The monoisotopic (exact) mass is 246 g/mol. The van der Waals surface area contributed by atoms with Gasteiger partial charge in [0.05, 0.1) is 9.10 Å². The van der Waals surface area contributed by atoms with Gasteiger partial charge in [-0.25, -0.2) is 0 Å². The Bertz CT molecular complexity index is 237. The molecule has 0 aliphatic heterocycles. The van der Waals surface area contributed by atoms with Gasteiger partial charge >= 0.3 is 59.1 Å². The van der Waals surface area contributed by atoms with Crippen LogP contribution < -0.4 is 0 Å². The number of hydrogen-bond acceptors (Lipinski definition) is 5. The van der Waals surface area contributed by atoms with Crippen molar-refractivity contribution in [2.45, 2.75) is 9.10 Å². The Morgan fingerprint density at radius 1 is 1.10 bits per heavy atom. The molecule has 0 nitrogen and oxygen atoms in total. The van der Waals surface area contributed by atoms with Crippen LogP contribution in [0.4, 0.5) is 0 Å². The molecule has 0 atom stereocenters. The van der Waals surface area contributed by atoms with Gasteiger partial charge in [0.2, 0.25) is 0 Å².